The summed E-state index contributed by atoms with van der Waals surface area (Å²) in [5.74, 6) is 0.0809. The van der Waals surface area contributed by atoms with Crippen molar-refractivity contribution in [3.63, 3.8) is 0 Å². The average molecular weight is 239 g/mol. The van der Waals surface area contributed by atoms with E-state index in [1.54, 1.807) is 5.51 Å². The number of thiazole rings is 1. The smallest absolute Gasteiger partial charge is 0.273 e. The van der Waals surface area contributed by atoms with Crippen LogP contribution in [0, 0.1) is 0 Å². The van der Waals surface area contributed by atoms with E-state index < -0.39 is 0 Å². The van der Waals surface area contributed by atoms with Crippen molar-refractivity contribution in [2.24, 2.45) is 0 Å². The maximum Gasteiger partial charge on any atom is 0.273 e. The summed E-state index contributed by atoms with van der Waals surface area (Å²) in [6.45, 7) is 6.96. The van der Waals surface area contributed by atoms with Gasteiger partial charge in [0.1, 0.15) is 5.69 Å². The van der Waals surface area contributed by atoms with E-state index in [9.17, 15) is 4.79 Å². The number of hydrogen-bond donors (Lipinski definition) is 0. The lowest BCUT2D eigenvalue weighted by molar-refractivity contribution is 0.0632. The molecule has 0 bridgehead atoms. The van der Waals surface area contributed by atoms with Gasteiger partial charge in [0.15, 0.2) is 0 Å². The first-order valence-corrected chi connectivity index (χ1v) is 6.65. The van der Waals surface area contributed by atoms with E-state index in [0.29, 0.717) is 5.69 Å². The number of amides is 1. The molecule has 0 spiro atoms. The molecule has 0 N–H and O–H groups in total. The quantitative estimate of drug-likeness (QED) is 0.798. The van der Waals surface area contributed by atoms with Crippen molar-refractivity contribution in [1.82, 2.24) is 14.8 Å². The summed E-state index contributed by atoms with van der Waals surface area (Å²) < 4.78 is 0. The number of aromatic nitrogens is 1. The van der Waals surface area contributed by atoms with Gasteiger partial charge in [-0.15, -0.1) is 11.3 Å². The third kappa shape index (κ3) is 2.59. The van der Waals surface area contributed by atoms with Crippen LogP contribution in [0.15, 0.2) is 10.9 Å². The SMILES string of the molecule is CCCN1CCN(C(=O)c2cscn2)CC1. The van der Waals surface area contributed by atoms with Crippen molar-refractivity contribution in [2.45, 2.75) is 13.3 Å². The zero-order valence-corrected chi connectivity index (χ0v) is 10.4. The van der Waals surface area contributed by atoms with Gasteiger partial charge in [-0.25, -0.2) is 4.98 Å². The highest BCUT2D eigenvalue weighted by molar-refractivity contribution is 7.07. The summed E-state index contributed by atoms with van der Waals surface area (Å²) >= 11 is 1.47. The van der Waals surface area contributed by atoms with Crippen LogP contribution in [-0.2, 0) is 0 Å². The summed E-state index contributed by atoms with van der Waals surface area (Å²) in [5, 5.41) is 1.82. The molecule has 1 aromatic rings. The fourth-order valence-electron chi connectivity index (χ4n) is 1.97. The molecular weight excluding hydrogens is 222 g/mol. The summed E-state index contributed by atoms with van der Waals surface area (Å²) in [6, 6.07) is 0. The van der Waals surface area contributed by atoms with Gasteiger partial charge in [-0.2, -0.15) is 0 Å². The van der Waals surface area contributed by atoms with Crippen molar-refractivity contribution >= 4 is 17.2 Å². The Balaban J connectivity index is 1.87. The van der Waals surface area contributed by atoms with Gasteiger partial charge in [-0.3, -0.25) is 9.69 Å². The molecule has 5 heteroatoms. The van der Waals surface area contributed by atoms with E-state index >= 15 is 0 Å². The molecule has 88 valence electrons. The van der Waals surface area contributed by atoms with Crippen molar-refractivity contribution in [3.8, 4) is 0 Å². The Hall–Kier alpha value is -0.940. The molecule has 2 rings (SSSR count). The molecule has 0 aliphatic carbocycles. The zero-order valence-electron chi connectivity index (χ0n) is 9.56. The van der Waals surface area contributed by atoms with Gasteiger partial charge in [0.05, 0.1) is 5.51 Å². The molecule has 1 saturated heterocycles. The minimum Gasteiger partial charge on any atom is -0.335 e. The standard InChI is InChI=1S/C11H17N3OS/c1-2-3-13-4-6-14(7-5-13)11(15)10-8-16-9-12-10/h8-9H,2-7H2,1H3. The van der Waals surface area contributed by atoms with Crippen molar-refractivity contribution < 1.29 is 4.79 Å². The fraction of sp³-hybridized carbons (Fsp3) is 0.636. The first-order chi connectivity index (χ1) is 7.81. The van der Waals surface area contributed by atoms with E-state index in [2.05, 4.69) is 16.8 Å². The normalized spacial score (nSPS) is 17.7. The summed E-state index contributed by atoms with van der Waals surface area (Å²) in [6.07, 6.45) is 1.18. The summed E-state index contributed by atoms with van der Waals surface area (Å²) in [7, 11) is 0. The zero-order chi connectivity index (χ0) is 11.4. The second-order valence-electron chi connectivity index (χ2n) is 4.01. The monoisotopic (exact) mass is 239 g/mol. The number of rotatable bonds is 3. The van der Waals surface area contributed by atoms with Crippen LogP contribution in [0.4, 0.5) is 0 Å². The Morgan fingerprint density at radius 1 is 1.44 bits per heavy atom. The van der Waals surface area contributed by atoms with Gasteiger partial charge in [-0.1, -0.05) is 6.92 Å². The van der Waals surface area contributed by atoms with Crippen LogP contribution in [0.25, 0.3) is 0 Å². The Labute approximate surface area is 99.9 Å². The molecule has 4 nitrogen and oxygen atoms in total. The minimum atomic E-state index is 0.0809. The largest absolute Gasteiger partial charge is 0.335 e. The van der Waals surface area contributed by atoms with E-state index in [-0.39, 0.29) is 5.91 Å². The highest BCUT2D eigenvalue weighted by Crippen LogP contribution is 2.09. The molecule has 0 aromatic carbocycles. The topological polar surface area (TPSA) is 36.4 Å². The second kappa shape index (κ2) is 5.41. The summed E-state index contributed by atoms with van der Waals surface area (Å²) in [5.41, 5.74) is 2.30. The molecule has 16 heavy (non-hydrogen) atoms. The number of piperazine rings is 1. The predicted molar refractivity (Wildman–Crippen MR) is 64.7 cm³/mol. The Morgan fingerprint density at radius 2 is 2.19 bits per heavy atom. The Kier molecular flexibility index (Phi) is 3.90. The molecule has 1 aromatic heterocycles. The molecule has 1 aliphatic heterocycles. The third-order valence-corrected chi connectivity index (χ3v) is 3.44. The lowest BCUT2D eigenvalue weighted by atomic mass is 10.2. The molecule has 2 heterocycles. The van der Waals surface area contributed by atoms with Crippen LogP contribution in [0.1, 0.15) is 23.8 Å². The highest BCUT2D eigenvalue weighted by atomic mass is 32.1. The molecule has 0 unspecified atom stereocenters. The van der Waals surface area contributed by atoms with E-state index in [1.807, 2.05) is 10.3 Å². The fourth-order valence-corrected chi connectivity index (χ4v) is 2.50. The van der Waals surface area contributed by atoms with Crippen LogP contribution in [0.2, 0.25) is 0 Å². The number of carbonyl (C=O) groups is 1. The van der Waals surface area contributed by atoms with Crippen LogP contribution in [0.3, 0.4) is 0 Å². The summed E-state index contributed by atoms with van der Waals surface area (Å²) in [4.78, 5) is 20.3. The van der Waals surface area contributed by atoms with E-state index in [1.165, 1.54) is 17.8 Å². The lowest BCUT2D eigenvalue weighted by Crippen LogP contribution is -2.48. The van der Waals surface area contributed by atoms with Crippen molar-refractivity contribution in [2.75, 3.05) is 32.7 Å². The van der Waals surface area contributed by atoms with Crippen LogP contribution in [0.5, 0.6) is 0 Å². The number of hydrogen-bond acceptors (Lipinski definition) is 4. The molecular formula is C11H17N3OS. The lowest BCUT2D eigenvalue weighted by Gasteiger charge is -2.34. The molecule has 1 amide bonds. The minimum absolute atomic E-state index is 0.0809. The average Bonchev–Trinajstić information content (AvgIpc) is 2.83. The van der Waals surface area contributed by atoms with Gasteiger partial charge in [0.2, 0.25) is 0 Å². The van der Waals surface area contributed by atoms with E-state index in [0.717, 1.165) is 32.7 Å². The maximum atomic E-state index is 12.0. The van der Waals surface area contributed by atoms with Crippen molar-refractivity contribution in [1.29, 1.82) is 0 Å². The molecule has 1 fully saturated rings. The molecule has 0 atom stereocenters. The first kappa shape index (κ1) is 11.5. The molecule has 1 aliphatic rings. The van der Waals surface area contributed by atoms with Crippen LogP contribution in [-0.4, -0.2) is 53.4 Å². The Bertz CT molecular complexity index is 331. The first-order valence-electron chi connectivity index (χ1n) is 5.71. The van der Waals surface area contributed by atoms with Gasteiger partial charge in [0, 0.05) is 31.6 Å². The van der Waals surface area contributed by atoms with Gasteiger partial charge in [-0.05, 0) is 13.0 Å². The molecule has 0 saturated carbocycles. The van der Waals surface area contributed by atoms with Crippen molar-refractivity contribution in [3.05, 3.63) is 16.6 Å². The van der Waals surface area contributed by atoms with E-state index in [4.69, 9.17) is 0 Å². The Morgan fingerprint density at radius 3 is 2.75 bits per heavy atom. The second-order valence-corrected chi connectivity index (χ2v) is 4.73. The third-order valence-electron chi connectivity index (χ3n) is 2.85. The number of carbonyl (C=O) groups excluding carboxylic acids is 1. The van der Waals surface area contributed by atoms with Crippen LogP contribution < -0.4 is 0 Å². The maximum absolute atomic E-state index is 12.0. The van der Waals surface area contributed by atoms with Gasteiger partial charge < -0.3 is 4.90 Å². The van der Waals surface area contributed by atoms with Gasteiger partial charge >= 0.3 is 0 Å². The van der Waals surface area contributed by atoms with Gasteiger partial charge in [0.25, 0.3) is 5.91 Å². The number of nitrogens with zero attached hydrogens (tertiary/aromatic N) is 3. The molecule has 0 radical (unpaired) electrons. The van der Waals surface area contributed by atoms with Crippen LogP contribution >= 0.6 is 11.3 Å². The predicted octanol–water partition coefficient (Wildman–Crippen LogP) is 1.31. The highest BCUT2D eigenvalue weighted by Gasteiger charge is 2.22.